The number of carbonyl (C=O) groups is 1. The topological polar surface area (TPSA) is 38.8 Å². The van der Waals surface area contributed by atoms with Crippen molar-refractivity contribution in [2.75, 3.05) is 18.1 Å². The molecule has 0 aliphatic carbocycles. The van der Waals surface area contributed by atoms with Crippen molar-refractivity contribution >= 4 is 27.5 Å². The van der Waals surface area contributed by atoms with E-state index in [-0.39, 0.29) is 5.91 Å². The van der Waals surface area contributed by atoms with Crippen molar-refractivity contribution in [1.29, 1.82) is 0 Å². The van der Waals surface area contributed by atoms with E-state index in [2.05, 4.69) is 15.9 Å². The Morgan fingerprint density at radius 3 is 2.88 bits per heavy atom. The van der Waals surface area contributed by atoms with Crippen molar-refractivity contribution in [2.24, 2.45) is 0 Å². The molecule has 2 aromatic carbocycles. The molecular formula is C18H17BrFNO3. The zero-order valence-corrected chi connectivity index (χ0v) is 15.0. The molecule has 0 aromatic heterocycles. The number of rotatable bonds is 3. The van der Waals surface area contributed by atoms with Gasteiger partial charge in [0.15, 0.2) is 6.10 Å². The molecule has 0 spiro atoms. The largest absolute Gasteiger partial charge is 0.489 e. The van der Waals surface area contributed by atoms with Gasteiger partial charge in [-0.15, -0.1) is 0 Å². The number of anilines is 1. The van der Waals surface area contributed by atoms with Crippen LogP contribution in [0.25, 0.3) is 0 Å². The molecule has 1 atom stereocenters. The Bertz CT molecular complexity index is 781. The van der Waals surface area contributed by atoms with Gasteiger partial charge in [-0.1, -0.05) is 6.07 Å². The number of hydrogen-bond donors (Lipinski definition) is 0. The van der Waals surface area contributed by atoms with Crippen LogP contribution < -0.4 is 14.4 Å². The minimum absolute atomic E-state index is 0.196. The molecule has 1 aliphatic heterocycles. The number of amides is 1. The molecule has 3 rings (SSSR count). The lowest BCUT2D eigenvalue weighted by Crippen LogP contribution is -2.44. The second-order valence-corrected chi connectivity index (χ2v) is 6.50. The highest BCUT2D eigenvalue weighted by Crippen LogP contribution is 2.33. The van der Waals surface area contributed by atoms with Crippen LogP contribution in [0.2, 0.25) is 0 Å². The van der Waals surface area contributed by atoms with Gasteiger partial charge >= 0.3 is 0 Å². The lowest BCUT2D eigenvalue weighted by atomic mass is 10.2. The Balaban J connectivity index is 1.79. The number of halogens is 2. The van der Waals surface area contributed by atoms with Gasteiger partial charge in [-0.2, -0.15) is 0 Å². The van der Waals surface area contributed by atoms with E-state index in [4.69, 9.17) is 9.47 Å². The zero-order valence-electron chi connectivity index (χ0n) is 13.4. The van der Waals surface area contributed by atoms with Crippen LogP contribution in [-0.4, -0.2) is 25.2 Å². The van der Waals surface area contributed by atoms with E-state index in [9.17, 15) is 9.18 Å². The predicted molar refractivity (Wildman–Crippen MR) is 93.2 cm³/mol. The fourth-order valence-corrected chi connectivity index (χ4v) is 3.17. The van der Waals surface area contributed by atoms with Gasteiger partial charge in [-0.25, -0.2) is 4.39 Å². The molecule has 1 heterocycles. The summed E-state index contributed by atoms with van der Waals surface area (Å²) in [7, 11) is 0. The highest BCUT2D eigenvalue weighted by molar-refractivity contribution is 9.10. The molecule has 4 nitrogen and oxygen atoms in total. The maximum Gasteiger partial charge on any atom is 0.267 e. The van der Waals surface area contributed by atoms with Crippen LogP contribution in [0, 0.1) is 12.7 Å². The quantitative estimate of drug-likeness (QED) is 0.787. The van der Waals surface area contributed by atoms with E-state index in [0.29, 0.717) is 30.3 Å². The number of ether oxygens (including phenoxy) is 2. The summed E-state index contributed by atoms with van der Waals surface area (Å²) in [5, 5.41) is 0. The SMILES string of the molecule is Cc1ccc(OC(C)C(=O)N2CCOc3cc(F)ccc32)c(Br)c1. The van der Waals surface area contributed by atoms with Gasteiger partial charge < -0.3 is 14.4 Å². The van der Waals surface area contributed by atoms with Gasteiger partial charge in [0.1, 0.15) is 23.9 Å². The minimum Gasteiger partial charge on any atom is -0.489 e. The Labute approximate surface area is 148 Å². The molecule has 0 N–H and O–H groups in total. The molecule has 2 aromatic rings. The van der Waals surface area contributed by atoms with Crippen LogP contribution in [-0.2, 0) is 4.79 Å². The molecule has 0 bridgehead atoms. The van der Waals surface area contributed by atoms with E-state index in [1.54, 1.807) is 17.9 Å². The maximum absolute atomic E-state index is 13.3. The normalized spacial score (nSPS) is 14.6. The fourth-order valence-electron chi connectivity index (χ4n) is 2.58. The molecular weight excluding hydrogens is 377 g/mol. The monoisotopic (exact) mass is 393 g/mol. The summed E-state index contributed by atoms with van der Waals surface area (Å²) in [6.45, 7) is 4.41. The Hall–Kier alpha value is -2.08. The molecule has 24 heavy (non-hydrogen) atoms. The number of nitrogens with zero attached hydrogens (tertiary/aromatic N) is 1. The van der Waals surface area contributed by atoms with Crippen molar-refractivity contribution in [2.45, 2.75) is 20.0 Å². The molecule has 0 saturated carbocycles. The van der Waals surface area contributed by atoms with Crippen LogP contribution in [0.3, 0.4) is 0 Å². The van der Waals surface area contributed by atoms with Crippen LogP contribution in [0.4, 0.5) is 10.1 Å². The third kappa shape index (κ3) is 3.38. The summed E-state index contributed by atoms with van der Waals surface area (Å²) in [5.74, 6) is 0.391. The average molecular weight is 394 g/mol. The van der Waals surface area contributed by atoms with Crippen molar-refractivity contribution in [3.8, 4) is 11.5 Å². The van der Waals surface area contributed by atoms with Crippen molar-refractivity contribution in [3.63, 3.8) is 0 Å². The van der Waals surface area contributed by atoms with E-state index in [1.165, 1.54) is 12.1 Å². The standard InChI is InChI=1S/C18H17BrFNO3/c1-11-3-6-16(14(19)9-11)24-12(2)18(22)21-7-8-23-17-10-13(20)4-5-15(17)21/h3-6,9-10,12H,7-8H2,1-2H3. The molecule has 6 heteroatoms. The zero-order chi connectivity index (χ0) is 17.3. The summed E-state index contributed by atoms with van der Waals surface area (Å²) in [4.78, 5) is 14.3. The van der Waals surface area contributed by atoms with Crippen molar-refractivity contribution < 1.29 is 18.7 Å². The second kappa shape index (κ2) is 6.81. The van der Waals surface area contributed by atoms with Crippen LogP contribution in [0.1, 0.15) is 12.5 Å². The number of fused-ring (bicyclic) bond motifs is 1. The average Bonchev–Trinajstić information content (AvgIpc) is 2.55. The lowest BCUT2D eigenvalue weighted by Gasteiger charge is -2.31. The fraction of sp³-hybridized carbons (Fsp3) is 0.278. The van der Waals surface area contributed by atoms with E-state index < -0.39 is 11.9 Å². The maximum atomic E-state index is 13.3. The third-order valence-electron chi connectivity index (χ3n) is 3.79. The molecule has 0 fully saturated rings. The first-order valence-corrected chi connectivity index (χ1v) is 8.41. The first-order valence-electron chi connectivity index (χ1n) is 7.62. The van der Waals surface area contributed by atoms with E-state index >= 15 is 0 Å². The second-order valence-electron chi connectivity index (χ2n) is 5.64. The molecule has 0 saturated heterocycles. The Morgan fingerprint density at radius 1 is 1.33 bits per heavy atom. The molecule has 1 aliphatic rings. The van der Waals surface area contributed by atoms with Gasteiger partial charge in [0, 0.05) is 6.07 Å². The van der Waals surface area contributed by atoms with E-state index in [1.807, 2.05) is 25.1 Å². The summed E-state index contributed by atoms with van der Waals surface area (Å²) >= 11 is 3.44. The van der Waals surface area contributed by atoms with Gasteiger partial charge in [-0.05, 0) is 59.6 Å². The first kappa shape index (κ1) is 16.8. The Kier molecular flexibility index (Phi) is 4.76. The summed E-state index contributed by atoms with van der Waals surface area (Å²) < 4.78 is 25.4. The minimum atomic E-state index is -0.681. The highest BCUT2D eigenvalue weighted by Gasteiger charge is 2.29. The summed E-state index contributed by atoms with van der Waals surface area (Å²) in [6.07, 6.45) is -0.681. The predicted octanol–water partition coefficient (Wildman–Crippen LogP) is 4.09. The van der Waals surface area contributed by atoms with Gasteiger partial charge in [0.05, 0.1) is 16.7 Å². The molecule has 1 amide bonds. The smallest absolute Gasteiger partial charge is 0.267 e. The van der Waals surface area contributed by atoms with Crippen LogP contribution in [0.5, 0.6) is 11.5 Å². The molecule has 126 valence electrons. The van der Waals surface area contributed by atoms with Crippen LogP contribution >= 0.6 is 15.9 Å². The third-order valence-corrected chi connectivity index (χ3v) is 4.41. The van der Waals surface area contributed by atoms with Crippen molar-refractivity contribution in [3.05, 3.63) is 52.3 Å². The highest BCUT2D eigenvalue weighted by atomic mass is 79.9. The van der Waals surface area contributed by atoms with Crippen LogP contribution in [0.15, 0.2) is 40.9 Å². The van der Waals surface area contributed by atoms with Crippen molar-refractivity contribution in [1.82, 2.24) is 0 Å². The van der Waals surface area contributed by atoms with Gasteiger partial charge in [0.25, 0.3) is 5.91 Å². The number of benzene rings is 2. The molecule has 1 unspecified atom stereocenters. The van der Waals surface area contributed by atoms with Gasteiger partial charge in [-0.3, -0.25) is 4.79 Å². The molecule has 0 radical (unpaired) electrons. The van der Waals surface area contributed by atoms with E-state index in [0.717, 1.165) is 10.0 Å². The number of hydrogen-bond acceptors (Lipinski definition) is 3. The summed E-state index contributed by atoms with van der Waals surface area (Å²) in [6, 6.07) is 9.83. The lowest BCUT2D eigenvalue weighted by molar-refractivity contribution is -0.124. The summed E-state index contributed by atoms with van der Waals surface area (Å²) in [5.41, 5.74) is 1.66. The number of aryl methyl sites for hydroxylation is 1. The first-order chi connectivity index (χ1) is 11.5. The van der Waals surface area contributed by atoms with Gasteiger partial charge in [0.2, 0.25) is 0 Å². The number of carbonyl (C=O) groups excluding carboxylic acids is 1. The Morgan fingerprint density at radius 2 is 2.12 bits per heavy atom.